The largest absolute Gasteiger partial charge is 0.416 e. The van der Waals surface area contributed by atoms with Crippen molar-refractivity contribution in [3.63, 3.8) is 0 Å². The maximum absolute atomic E-state index is 12.9. The van der Waals surface area contributed by atoms with Crippen molar-refractivity contribution < 1.29 is 31.1 Å². The molecule has 0 atom stereocenters. The molecule has 1 aromatic carbocycles. The summed E-state index contributed by atoms with van der Waals surface area (Å²) in [6.07, 6.45) is -7.17. The second-order valence-electron chi connectivity index (χ2n) is 5.79. The molecule has 1 aromatic rings. The van der Waals surface area contributed by atoms with Crippen LogP contribution in [0.25, 0.3) is 0 Å². The van der Waals surface area contributed by atoms with E-state index in [9.17, 15) is 31.1 Å². The van der Waals surface area contributed by atoms with Gasteiger partial charge in [-0.1, -0.05) is 26.7 Å². The minimum Gasteiger partial charge on any atom is -0.339 e. The molecule has 0 saturated carbocycles. The van der Waals surface area contributed by atoms with E-state index in [-0.39, 0.29) is 6.07 Å². The second-order valence-corrected chi connectivity index (χ2v) is 5.79. The first-order valence-electron chi connectivity index (χ1n) is 8.09. The number of unbranched alkanes of at least 4 members (excludes halogenated alkanes) is 2. The topological polar surface area (TPSA) is 20.3 Å². The van der Waals surface area contributed by atoms with Crippen molar-refractivity contribution in [2.24, 2.45) is 0 Å². The SMILES string of the molecule is CCCCN(CCCC)C(=O)c1cc(C(F)(F)F)cc(C(F)(F)F)c1. The summed E-state index contributed by atoms with van der Waals surface area (Å²) in [5.41, 5.74) is -3.54. The van der Waals surface area contributed by atoms with Gasteiger partial charge in [-0.05, 0) is 31.0 Å². The fourth-order valence-corrected chi connectivity index (χ4v) is 2.27. The summed E-state index contributed by atoms with van der Waals surface area (Å²) < 4.78 is 77.5. The Morgan fingerprint density at radius 2 is 1.24 bits per heavy atom. The minimum absolute atomic E-state index is 0.0270. The van der Waals surface area contributed by atoms with Crippen LogP contribution in [-0.4, -0.2) is 23.9 Å². The van der Waals surface area contributed by atoms with E-state index in [4.69, 9.17) is 0 Å². The molecule has 25 heavy (non-hydrogen) atoms. The van der Waals surface area contributed by atoms with Crippen LogP contribution in [0.3, 0.4) is 0 Å². The molecule has 2 nitrogen and oxygen atoms in total. The lowest BCUT2D eigenvalue weighted by atomic mass is 10.0. The van der Waals surface area contributed by atoms with Gasteiger partial charge in [0.15, 0.2) is 0 Å². The molecule has 0 saturated heterocycles. The van der Waals surface area contributed by atoms with E-state index in [1.807, 2.05) is 13.8 Å². The summed E-state index contributed by atoms with van der Waals surface area (Å²) in [5.74, 6) is -0.807. The van der Waals surface area contributed by atoms with Crippen LogP contribution >= 0.6 is 0 Å². The lowest BCUT2D eigenvalue weighted by molar-refractivity contribution is -0.143. The van der Waals surface area contributed by atoms with E-state index in [2.05, 4.69) is 0 Å². The van der Waals surface area contributed by atoms with E-state index in [1.54, 1.807) is 0 Å². The fraction of sp³-hybridized carbons (Fsp3) is 0.588. The Bertz CT molecular complexity index is 539. The van der Waals surface area contributed by atoms with E-state index in [0.29, 0.717) is 38.1 Å². The Balaban J connectivity index is 3.29. The lowest BCUT2D eigenvalue weighted by Gasteiger charge is -2.23. The molecule has 0 aliphatic carbocycles. The Labute approximate surface area is 142 Å². The number of rotatable bonds is 7. The second kappa shape index (κ2) is 8.58. The zero-order valence-electron chi connectivity index (χ0n) is 14.1. The summed E-state index contributed by atoms with van der Waals surface area (Å²) in [5, 5.41) is 0. The van der Waals surface area contributed by atoms with Crippen molar-refractivity contribution in [2.75, 3.05) is 13.1 Å². The van der Waals surface area contributed by atoms with Crippen LogP contribution in [-0.2, 0) is 12.4 Å². The van der Waals surface area contributed by atoms with E-state index in [0.717, 1.165) is 12.8 Å². The van der Waals surface area contributed by atoms with Gasteiger partial charge in [0.05, 0.1) is 11.1 Å². The van der Waals surface area contributed by atoms with Crippen LogP contribution in [0.2, 0.25) is 0 Å². The minimum atomic E-state index is -4.96. The number of hydrogen-bond donors (Lipinski definition) is 0. The highest BCUT2D eigenvalue weighted by Gasteiger charge is 2.37. The zero-order valence-corrected chi connectivity index (χ0v) is 14.1. The van der Waals surface area contributed by atoms with Crippen molar-refractivity contribution in [1.29, 1.82) is 0 Å². The molecule has 0 N–H and O–H groups in total. The Morgan fingerprint density at radius 1 is 0.840 bits per heavy atom. The van der Waals surface area contributed by atoms with Gasteiger partial charge in [-0.15, -0.1) is 0 Å². The molecule has 0 bridgehead atoms. The first-order valence-corrected chi connectivity index (χ1v) is 8.09. The van der Waals surface area contributed by atoms with Gasteiger partial charge in [-0.2, -0.15) is 26.3 Å². The lowest BCUT2D eigenvalue weighted by Crippen LogP contribution is -2.33. The average Bonchev–Trinajstić information content (AvgIpc) is 2.52. The van der Waals surface area contributed by atoms with Crippen LogP contribution < -0.4 is 0 Å². The van der Waals surface area contributed by atoms with Gasteiger partial charge >= 0.3 is 12.4 Å². The van der Waals surface area contributed by atoms with Crippen LogP contribution in [0.15, 0.2) is 18.2 Å². The number of nitrogens with zero attached hydrogens (tertiary/aromatic N) is 1. The molecule has 0 heterocycles. The summed E-state index contributed by atoms with van der Waals surface area (Å²) in [4.78, 5) is 13.8. The molecule has 1 amide bonds. The molecular weight excluding hydrogens is 348 g/mol. The molecule has 0 unspecified atom stereocenters. The number of amides is 1. The summed E-state index contributed by atoms with van der Waals surface area (Å²) in [7, 11) is 0. The van der Waals surface area contributed by atoms with Crippen molar-refractivity contribution in [2.45, 2.75) is 51.9 Å². The monoisotopic (exact) mass is 369 g/mol. The van der Waals surface area contributed by atoms with Crippen molar-refractivity contribution in [3.8, 4) is 0 Å². The first-order chi connectivity index (χ1) is 11.5. The van der Waals surface area contributed by atoms with Crippen molar-refractivity contribution in [1.82, 2.24) is 4.90 Å². The van der Waals surface area contributed by atoms with Gasteiger partial charge in [-0.25, -0.2) is 0 Å². The molecular formula is C17H21F6NO. The third-order valence-corrected chi connectivity index (χ3v) is 3.68. The molecule has 0 spiro atoms. The van der Waals surface area contributed by atoms with E-state index >= 15 is 0 Å². The molecule has 0 aliphatic heterocycles. The van der Waals surface area contributed by atoms with Crippen LogP contribution in [0.5, 0.6) is 0 Å². The summed E-state index contributed by atoms with van der Waals surface area (Å²) in [6.45, 7) is 4.36. The third kappa shape index (κ3) is 6.25. The van der Waals surface area contributed by atoms with Crippen LogP contribution in [0.1, 0.15) is 61.0 Å². The van der Waals surface area contributed by atoms with Crippen molar-refractivity contribution >= 4 is 5.91 Å². The number of hydrogen-bond acceptors (Lipinski definition) is 1. The predicted molar refractivity (Wildman–Crippen MR) is 82.2 cm³/mol. The van der Waals surface area contributed by atoms with Crippen LogP contribution in [0, 0.1) is 0 Å². The first kappa shape index (κ1) is 21.3. The van der Waals surface area contributed by atoms with E-state index in [1.165, 1.54) is 4.90 Å². The Kier molecular flexibility index (Phi) is 7.31. The highest BCUT2D eigenvalue weighted by molar-refractivity contribution is 5.94. The highest BCUT2D eigenvalue weighted by atomic mass is 19.4. The number of benzene rings is 1. The summed E-state index contributed by atoms with van der Waals surface area (Å²) in [6, 6.07) is 1.00. The normalized spacial score (nSPS) is 12.3. The van der Waals surface area contributed by atoms with Gasteiger partial charge in [0.25, 0.3) is 5.91 Å². The highest BCUT2D eigenvalue weighted by Crippen LogP contribution is 2.36. The van der Waals surface area contributed by atoms with Crippen LogP contribution in [0.4, 0.5) is 26.3 Å². The van der Waals surface area contributed by atoms with Gasteiger partial charge in [-0.3, -0.25) is 4.79 Å². The predicted octanol–water partition coefficient (Wildman–Crippen LogP) is 5.77. The van der Waals surface area contributed by atoms with Gasteiger partial charge < -0.3 is 4.90 Å². The number of carbonyl (C=O) groups excluding carboxylic acids is 1. The Hall–Kier alpha value is -1.73. The Morgan fingerprint density at radius 3 is 1.56 bits per heavy atom. The zero-order chi connectivity index (χ0) is 19.3. The molecule has 0 radical (unpaired) electrons. The summed E-state index contributed by atoms with van der Waals surface area (Å²) >= 11 is 0. The molecule has 0 fully saturated rings. The van der Waals surface area contributed by atoms with Gasteiger partial charge in [0.1, 0.15) is 0 Å². The maximum Gasteiger partial charge on any atom is 0.416 e. The molecule has 0 aliphatic rings. The van der Waals surface area contributed by atoms with Crippen molar-refractivity contribution in [3.05, 3.63) is 34.9 Å². The standard InChI is InChI=1S/C17H21F6NO/c1-3-5-7-24(8-6-4-2)15(25)12-9-13(16(18,19)20)11-14(10-12)17(21,22)23/h9-11H,3-8H2,1-2H3. The molecule has 142 valence electrons. The maximum atomic E-state index is 12.9. The average molecular weight is 369 g/mol. The number of carbonyl (C=O) groups is 1. The van der Waals surface area contributed by atoms with Gasteiger partial charge in [0.2, 0.25) is 0 Å². The molecule has 1 rings (SSSR count). The van der Waals surface area contributed by atoms with E-state index < -0.39 is 35.0 Å². The number of halogens is 6. The number of alkyl halides is 6. The fourth-order valence-electron chi connectivity index (χ4n) is 2.27. The third-order valence-electron chi connectivity index (χ3n) is 3.68. The smallest absolute Gasteiger partial charge is 0.339 e. The molecule has 8 heteroatoms. The molecule has 0 aromatic heterocycles. The quantitative estimate of drug-likeness (QED) is 0.559. The van der Waals surface area contributed by atoms with Gasteiger partial charge in [0, 0.05) is 18.7 Å².